The van der Waals surface area contributed by atoms with Crippen LogP contribution in [0.1, 0.15) is 46.0 Å². The Morgan fingerprint density at radius 3 is 2.72 bits per heavy atom. The number of ketones is 1. The van der Waals surface area contributed by atoms with Crippen LogP contribution < -0.4 is 0 Å². The average molecular weight is 245 g/mol. The molecule has 0 aromatic heterocycles. The number of hydrogen-bond acceptors (Lipinski definition) is 3. The number of hydrogen-bond donors (Lipinski definition) is 0. The van der Waals surface area contributed by atoms with E-state index in [-0.39, 0.29) is 24.0 Å². The summed E-state index contributed by atoms with van der Waals surface area (Å²) in [7, 11) is 1.47. The second-order valence-corrected chi connectivity index (χ2v) is 4.48. The molecule has 1 aromatic rings. The van der Waals surface area contributed by atoms with E-state index in [1.807, 2.05) is 6.92 Å². The number of rotatable bonds is 3. The zero-order valence-electron chi connectivity index (χ0n) is 10.5. The Bertz CT molecular complexity index is 534. The van der Waals surface area contributed by atoms with E-state index in [4.69, 9.17) is 0 Å². The first-order chi connectivity index (χ1) is 8.54. The van der Waals surface area contributed by atoms with Crippen molar-refractivity contribution >= 4 is 17.6 Å². The van der Waals surface area contributed by atoms with Crippen molar-refractivity contribution in [1.82, 2.24) is 4.90 Å². The summed E-state index contributed by atoms with van der Waals surface area (Å²) in [6, 6.07) is 5.02. The van der Waals surface area contributed by atoms with E-state index in [9.17, 15) is 14.4 Å². The predicted octanol–water partition coefficient (Wildman–Crippen LogP) is 1.82. The largest absolute Gasteiger partial charge is 0.294 e. The number of imide groups is 1. The van der Waals surface area contributed by atoms with E-state index in [1.54, 1.807) is 18.2 Å². The molecule has 0 saturated heterocycles. The Labute approximate surface area is 106 Å². The van der Waals surface area contributed by atoms with Crippen LogP contribution in [0.3, 0.4) is 0 Å². The van der Waals surface area contributed by atoms with Gasteiger partial charge in [0.2, 0.25) is 5.91 Å². The van der Waals surface area contributed by atoms with E-state index >= 15 is 0 Å². The maximum Gasteiger partial charge on any atom is 0.260 e. The molecule has 0 atom stereocenters. The van der Waals surface area contributed by atoms with E-state index in [0.29, 0.717) is 23.1 Å². The van der Waals surface area contributed by atoms with Crippen molar-refractivity contribution in [3.8, 4) is 0 Å². The van der Waals surface area contributed by atoms with Crippen LogP contribution in [0.5, 0.6) is 0 Å². The lowest BCUT2D eigenvalue weighted by atomic mass is 9.94. The molecule has 0 saturated carbocycles. The Balaban J connectivity index is 2.41. The molecule has 0 spiro atoms. The molecule has 4 heteroatoms. The lowest BCUT2D eigenvalue weighted by Crippen LogP contribution is -2.39. The molecule has 94 valence electrons. The first-order valence-electron chi connectivity index (χ1n) is 6.01. The molecule has 4 nitrogen and oxygen atoms in total. The van der Waals surface area contributed by atoms with Gasteiger partial charge in [-0.05, 0) is 18.1 Å². The smallest absolute Gasteiger partial charge is 0.260 e. The molecule has 0 aliphatic carbocycles. The van der Waals surface area contributed by atoms with Gasteiger partial charge in [-0.1, -0.05) is 19.1 Å². The van der Waals surface area contributed by atoms with Crippen LogP contribution in [0, 0.1) is 0 Å². The molecule has 1 heterocycles. The summed E-state index contributed by atoms with van der Waals surface area (Å²) in [5, 5.41) is 0. The third kappa shape index (κ3) is 2.06. The Hall–Kier alpha value is -1.97. The summed E-state index contributed by atoms with van der Waals surface area (Å²) in [4.78, 5) is 36.4. The van der Waals surface area contributed by atoms with Gasteiger partial charge in [0.1, 0.15) is 0 Å². The molecule has 1 aliphatic heterocycles. The van der Waals surface area contributed by atoms with E-state index in [1.165, 1.54) is 7.05 Å². The van der Waals surface area contributed by atoms with E-state index in [2.05, 4.69) is 0 Å². The van der Waals surface area contributed by atoms with Gasteiger partial charge in [0, 0.05) is 24.6 Å². The highest BCUT2D eigenvalue weighted by atomic mass is 16.2. The summed E-state index contributed by atoms with van der Waals surface area (Å²) in [5.41, 5.74) is 1.72. The number of carbonyl (C=O) groups excluding carboxylic acids is 3. The van der Waals surface area contributed by atoms with Crippen LogP contribution >= 0.6 is 0 Å². The minimum absolute atomic E-state index is 0.0349. The number of benzene rings is 1. The zero-order valence-corrected chi connectivity index (χ0v) is 10.5. The van der Waals surface area contributed by atoms with E-state index in [0.717, 1.165) is 11.3 Å². The highest BCUT2D eigenvalue weighted by Gasteiger charge is 2.28. The Morgan fingerprint density at radius 1 is 1.33 bits per heavy atom. The minimum atomic E-state index is -0.326. The van der Waals surface area contributed by atoms with Gasteiger partial charge >= 0.3 is 0 Å². The third-order valence-electron chi connectivity index (χ3n) is 3.16. The van der Waals surface area contributed by atoms with Gasteiger partial charge in [0.15, 0.2) is 5.78 Å². The third-order valence-corrected chi connectivity index (χ3v) is 3.16. The second kappa shape index (κ2) is 4.72. The van der Waals surface area contributed by atoms with Gasteiger partial charge in [-0.3, -0.25) is 19.3 Å². The lowest BCUT2D eigenvalue weighted by Gasteiger charge is -2.23. The number of carbonyl (C=O) groups is 3. The second-order valence-electron chi connectivity index (χ2n) is 4.48. The standard InChI is InChI=1S/C14H15NO3/c1-3-4-12(16)10-6-5-9-8-13(17)15(2)14(18)11(9)7-10/h5-7H,3-4,8H2,1-2H3. The molecule has 0 N–H and O–H groups in total. The number of amides is 2. The quantitative estimate of drug-likeness (QED) is 0.603. The van der Waals surface area contributed by atoms with Gasteiger partial charge < -0.3 is 0 Å². The van der Waals surface area contributed by atoms with Crippen LogP contribution in [0.25, 0.3) is 0 Å². The average Bonchev–Trinajstić information content (AvgIpc) is 2.36. The highest BCUT2D eigenvalue weighted by molar-refractivity contribution is 6.10. The van der Waals surface area contributed by atoms with Gasteiger partial charge in [-0.15, -0.1) is 0 Å². The molecule has 0 bridgehead atoms. The van der Waals surface area contributed by atoms with Gasteiger partial charge in [-0.25, -0.2) is 0 Å². The lowest BCUT2D eigenvalue weighted by molar-refractivity contribution is -0.127. The van der Waals surface area contributed by atoms with Crippen molar-refractivity contribution in [3.05, 3.63) is 34.9 Å². The monoisotopic (exact) mass is 245 g/mol. The highest BCUT2D eigenvalue weighted by Crippen LogP contribution is 2.21. The first-order valence-corrected chi connectivity index (χ1v) is 6.01. The van der Waals surface area contributed by atoms with Crippen LogP contribution in [0.2, 0.25) is 0 Å². The number of likely N-dealkylation sites (N-methyl/N-ethyl adjacent to an activating group) is 1. The van der Waals surface area contributed by atoms with E-state index < -0.39 is 0 Å². The van der Waals surface area contributed by atoms with Gasteiger partial charge in [0.25, 0.3) is 5.91 Å². The first kappa shape index (κ1) is 12.5. The Morgan fingerprint density at radius 2 is 2.06 bits per heavy atom. The molecule has 2 amide bonds. The number of fused-ring (bicyclic) bond motifs is 1. The fraction of sp³-hybridized carbons (Fsp3) is 0.357. The zero-order chi connectivity index (χ0) is 13.3. The normalized spacial score (nSPS) is 14.7. The molecule has 0 radical (unpaired) electrons. The van der Waals surface area contributed by atoms with Gasteiger partial charge in [0.05, 0.1) is 6.42 Å². The van der Waals surface area contributed by atoms with Crippen molar-refractivity contribution < 1.29 is 14.4 Å². The maximum atomic E-state index is 12.0. The molecular formula is C14H15NO3. The van der Waals surface area contributed by atoms with Crippen LogP contribution in [-0.2, 0) is 11.2 Å². The summed E-state index contributed by atoms with van der Waals surface area (Å²) in [5.74, 6) is -0.500. The predicted molar refractivity (Wildman–Crippen MR) is 66.5 cm³/mol. The maximum absolute atomic E-state index is 12.0. The Kier molecular flexibility index (Phi) is 3.28. The molecule has 2 rings (SSSR count). The van der Waals surface area contributed by atoms with Crippen molar-refractivity contribution in [2.75, 3.05) is 7.05 Å². The topological polar surface area (TPSA) is 54.5 Å². The molecule has 0 unspecified atom stereocenters. The fourth-order valence-corrected chi connectivity index (χ4v) is 2.05. The van der Waals surface area contributed by atoms with Crippen LogP contribution in [0.4, 0.5) is 0 Å². The summed E-state index contributed by atoms with van der Waals surface area (Å²) < 4.78 is 0. The van der Waals surface area contributed by atoms with Crippen molar-refractivity contribution in [1.29, 1.82) is 0 Å². The molecular weight excluding hydrogens is 230 g/mol. The minimum Gasteiger partial charge on any atom is -0.294 e. The summed E-state index contributed by atoms with van der Waals surface area (Å²) in [6.45, 7) is 1.94. The van der Waals surface area contributed by atoms with Crippen molar-refractivity contribution in [3.63, 3.8) is 0 Å². The summed E-state index contributed by atoms with van der Waals surface area (Å²) >= 11 is 0. The number of Topliss-reactive ketones (excluding diaryl/α,β-unsaturated/α-hetero) is 1. The molecule has 1 aliphatic rings. The SMILES string of the molecule is CCCC(=O)c1ccc2c(c1)C(=O)N(C)C(=O)C2. The molecule has 1 aromatic carbocycles. The van der Waals surface area contributed by atoms with Crippen LogP contribution in [0.15, 0.2) is 18.2 Å². The molecule has 0 fully saturated rings. The van der Waals surface area contributed by atoms with Gasteiger partial charge in [-0.2, -0.15) is 0 Å². The van der Waals surface area contributed by atoms with Crippen molar-refractivity contribution in [2.24, 2.45) is 0 Å². The molecule has 18 heavy (non-hydrogen) atoms. The van der Waals surface area contributed by atoms with Crippen LogP contribution in [-0.4, -0.2) is 29.5 Å². The van der Waals surface area contributed by atoms with Crippen molar-refractivity contribution in [2.45, 2.75) is 26.2 Å². The fourth-order valence-electron chi connectivity index (χ4n) is 2.05. The number of nitrogens with zero attached hydrogens (tertiary/aromatic N) is 1. The summed E-state index contributed by atoms with van der Waals surface area (Å²) in [6.07, 6.45) is 1.48.